The van der Waals surface area contributed by atoms with Gasteiger partial charge in [0.05, 0.1) is 5.54 Å². The fourth-order valence-electron chi connectivity index (χ4n) is 2.72. The quantitative estimate of drug-likeness (QED) is 0.888. The molecule has 3 rings (SSSR count). The highest BCUT2D eigenvalue weighted by Gasteiger charge is 2.39. The van der Waals surface area contributed by atoms with Crippen molar-refractivity contribution in [3.8, 4) is 0 Å². The van der Waals surface area contributed by atoms with Gasteiger partial charge in [0.1, 0.15) is 6.10 Å². The van der Waals surface area contributed by atoms with Crippen LogP contribution in [0.1, 0.15) is 56.8 Å². The first-order valence-corrected chi connectivity index (χ1v) is 6.85. The van der Waals surface area contributed by atoms with Crippen LogP contribution >= 0.6 is 0 Å². The first kappa shape index (κ1) is 12.1. The van der Waals surface area contributed by atoms with Crippen LogP contribution < -0.4 is 5.32 Å². The topological polar surface area (TPSA) is 60.2 Å². The summed E-state index contributed by atoms with van der Waals surface area (Å²) in [4.78, 5) is 4.57. The lowest BCUT2D eigenvalue weighted by molar-refractivity contribution is 0.0750. The molecule has 0 spiro atoms. The van der Waals surface area contributed by atoms with Crippen LogP contribution in [0.3, 0.4) is 0 Å². The van der Waals surface area contributed by atoms with Crippen LogP contribution in [0.15, 0.2) is 4.52 Å². The Morgan fingerprint density at radius 3 is 2.89 bits per heavy atom. The van der Waals surface area contributed by atoms with Crippen LogP contribution in [0.25, 0.3) is 0 Å². The first-order chi connectivity index (χ1) is 8.73. The number of nitrogens with zero attached hydrogens (tertiary/aromatic N) is 2. The number of ether oxygens (including phenoxy) is 1. The van der Waals surface area contributed by atoms with E-state index in [1.165, 1.54) is 25.7 Å². The number of rotatable bonds is 4. The fourth-order valence-corrected chi connectivity index (χ4v) is 2.72. The molecule has 0 radical (unpaired) electrons. The van der Waals surface area contributed by atoms with E-state index in [0.717, 1.165) is 13.0 Å². The van der Waals surface area contributed by atoms with Crippen LogP contribution in [0, 0.1) is 5.92 Å². The van der Waals surface area contributed by atoms with E-state index in [4.69, 9.17) is 9.26 Å². The Morgan fingerprint density at radius 2 is 2.28 bits per heavy atom. The Labute approximate surface area is 107 Å². The zero-order valence-corrected chi connectivity index (χ0v) is 11.1. The summed E-state index contributed by atoms with van der Waals surface area (Å²) >= 11 is 0. The molecular weight excluding hydrogens is 230 g/mol. The molecule has 1 N–H and O–H groups in total. The summed E-state index contributed by atoms with van der Waals surface area (Å²) in [5.41, 5.74) is -0.161. The molecular formula is C13H21N3O2. The largest absolute Gasteiger partial charge is 0.373 e. The lowest BCUT2D eigenvalue weighted by atomic mass is 9.91. The van der Waals surface area contributed by atoms with Crippen molar-refractivity contribution in [1.82, 2.24) is 15.5 Å². The Balaban J connectivity index is 1.79. The van der Waals surface area contributed by atoms with Gasteiger partial charge in [0.15, 0.2) is 0 Å². The summed E-state index contributed by atoms with van der Waals surface area (Å²) in [5, 5.41) is 7.61. The Hall–Kier alpha value is -0.940. The van der Waals surface area contributed by atoms with Crippen LogP contribution in [0.4, 0.5) is 0 Å². The molecule has 2 heterocycles. The second-order valence-electron chi connectivity index (χ2n) is 5.67. The van der Waals surface area contributed by atoms with Gasteiger partial charge in [-0.05, 0) is 51.5 Å². The minimum Gasteiger partial charge on any atom is -0.373 e. The lowest BCUT2D eigenvalue weighted by Crippen LogP contribution is -2.43. The van der Waals surface area contributed by atoms with E-state index < -0.39 is 0 Å². The molecule has 18 heavy (non-hydrogen) atoms. The van der Waals surface area contributed by atoms with Gasteiger partial charge in [0.2, 0.25) is 11.7 Å². The molecule has 100 valence electrons. The second-order valence-corrected chi connectivity index (χ2v) is 5.67. The summed E-state index contributed by atoms with van der Waals surface area (Å²) in [6, 6.07) is 0. The average Bonchev–Trinajstić information content (AvgIpc) is 3.07. The molecule has 0 aromatic carbocycles. The number of hydrogen-bond acceptors (Lipinski definition) is 5. The first-order valence-electron chi connectivity index (χ1n) is 6.85. The maximum Gasteiger partial charge on any atom is 0.246 e. The third-order valence-electron chi connectivity index (χ3n) is 4.09. The normalized spacial score (nSPS) is 30.3. The van der Waals surface area contributed by atoms with E-state index in [1.807, 2.05) is 0 Å². The fraction of sp³-hybridized carbons (Fsp3) is 0.846. The number of piperidine rings is 1. The SMILES string of the molecule is COC(c1noc(C2(C)CCCCN2)n1)C1CC1. The average molecular weight is 251 g/mol. The van der Waals surface area contributed by atoms with Crippen LogP contribution in [-0.2, 0) is 10.3 Å². The van der Waals surface area contributed by atoms with Crippen molar-refractivity contribution in [3.63, 3.8) is 0 Å². The number of aromatic nitrogens is 2. The molecule has 0 amide bonds. The van der Waals surface area contributed by atoms with Gasteiger partial charge < -0.3 is 14.6 Å². The molecule has 1 saturated heterocycles. The molecule has 0 bridgehead atoms. The van der Waals surface area contributed by atoms with Crippen molar-refractivity contribution >= 4 is 0 Å². The molecule has 5 nitrogen and oxygen atoms in total. The Bertz CT molecular complexity index is 408. The molecule has 2 aliphatic rings. The van der Waals surface area contributed by atoms with Gasteiger partial charge in [-0.15, -0.1) is 0 Å². The van der Waals surface area contributed by atoms with Gasteiger partial charge >= 0.3 is 0 Å². The summed E-state index contributed by atoms with van der Waals surface area (Å²) in [7, 11) is 1.72. The molecule has 5 heteroatoms. The predicted octanol–water partition coefficient (Wildman–Crippen LogP) is 2.16. The van der Waals surface area contributed by atoms with E-state index in [1.54, 1.807) is 7.11 Å². The zero-order chi connectivity index (χ0) is 12.6. The number of nitrogens with one attached hydrogen (secondary N) is 1. The molecule has 2 atom stereocenters. The third-order valence-corrected chi connectivity index (χ3v) is 4.09. The molecule has 1 aromatic heterocycles. The number of hydrogen-bond donors (Lipinski definition) is 1. The highest BCUT2D eigenvalue weighted by molar-refractivity contribution is 5.06. The van der Waals surface area contributed by atoms with Crippen molar-refractivity contribution in [2.75, 3.05) is 13.7 Å². The maximum atomic E-state index is 5.49. The molecule has 1 aromatic rings. The van der Waals surface area contributed by atoms with Crippen LogP contribution in [0.2, 0.25) is 0 Å². The number of methoxy groups -OCH3 is 1. The van der Waals surface area contributed by atoms with Gasteiger partial charge in [0, 0.05) is 7.11 Å². The summed E-state index contributed by atoms with van der Waals surface area (Å²) in [6.45, 7) is 3.16. The zero-order valence-electron chi connectivity index (χ0n) is 11.1. The highest BCUT2D eigenvalue weighted by atomic mass is 16.5. The molecule has 2 fully saturated rings. The van der Waals surface area contributed by atoms with Crippen molar-refractivity contribution in [3.05, 3.63) is 11.7 Å². The summed E-state index contributed by atoms with van der Waals surface area (Å²) in [6.07, 6.45) is 5.90. The van der Waals surface area contributed by atoms with Gasteiger partial charge in [0.25, 0.3) is 0 Å². The van der Waals surface area contributed by atoms with Gasteiger partial charge in [-0.2, -0.15) is 4.98 Å². The Morgan fingerprint density at radius 1 is 1.44 bits per heavy atom. The van der Waals surface area contributed by atoms with E-state index >= 15 is 0 Å². The lowest BCUT2D eigenvalue weighted by Gasteiger charge is -2.31. The molecule has 2 unspecified atom stereocenters. The minimum absolute atomic E-state index is 0.00897. The second kappa shape index (κ2) is 4.63. The van der Waals surface area contributed by atoms with Crippen LogP contribution in [0.5, 0.6) is 0 Å². The standard InChI is InChI=1S/C13H21N3O2/c1-13(7-3-4-8-14-13)12-15-11(16-18-12)10(17-2)9-5-6-9/h9-10,14H,3-8H2,1-2H3. The molecule has 1 aliphatic carbocycles. The predicted molar refractivity (Wildman–Crippen MR) is 66.0 cm³/mol. The van der Waals surface area contributed by atoms with E-state index in [2.05, 4.69) is 22.4 Å². The van der Waals surface area contributed by atoms with Crippen molar-refractivity contribution in [2.45, 2.75) is 50.7 Å². The summed E-state index contributed by atoms with van der Waals surface area (Å²) in [5.74, 6) is 2.00. The van der Waals surface area contributed by atoms with Gasteiger partial charge in [-0.1, -0.05) is 5.16 Å². The van der Waals surface area contributed by atoms with Gasteiger partial charge in [-0.25, -0.2) is 0 Å². The maximum absolute atomic E-state index is 5.49. The van der Waals surface area contributed by atoms with E-state index in [9.17, 15) is 0 Å². The smallest absolute Gasteiger partial charge is 0.246 e. The van der Waals surface area contributed by atoms with Crippen molar-refractivity contribution in [1.29, 1.82) is 0 Å². The monoisotopic (exact) mass is 251 g/mol. The molecule has 1 saturated carbocycles. The Kier molecular flexibility index (Phi) is 3.11. The van der Waals surface area contributed by atoms with Gasteiger partial charge in [-0.3, -0.25) is 0 Å². The third kappa shape index (κ3) is 2.17. The van der Waals surface area contributed by atoms with Crippen molar-refractivity contribution in [2.24, 2.45) is 5.92 Å². The summed E-state index contributed by atoms with van der Waals surface area (Å²) < 4.78 is 11.0. The van der Waals surface area contributed by atoms with Crippen molar-refractivity contribution < 1.29 is 9.26 Å². The highest BCUT2D eigenvalue weighted by Crippen LogP contribution is 2.42. The minimum atomic E-state index is -0.161. The van der Waals surface area contributed by atoms with Crippen LogP contribution in [-0.4, -0.2) is 23.8 Å². The van der Waals surface area contributed by atoms with E-state index in [-0.39, 0.29) is 11.6 Å². The van der Waals surface area contributed by atoms with E-state index in [0.29, 0.717) is 17.6 Å². The molecule has 1 aliphatic heterocycles.